The molecule has 0 saturated heterocycles. The average molecular weight is 278 g/mol. The molecule has 0 unspecified atom stereocenters. The Morgan fingerprint density at radius 1 is 1.35 bits per heavy atom. The molecule has 1 aromatic rings. The largest absolute Gasteiger partial charge is 0.361 e. The zero-order valence-corrected chi connectivity index (χ0v) is 13.9. The highest BCUT2D eigenvalue weighted by Crippen LogP contribution is 2.38. The number of hydrogen-bond acceptors (Lipinski definition) is 3. The fourth-order valence-corrected chi connectivity index (χ4v) is 4.03. The highest BCUT2D eigenvalue weighted by molar-refractivity contribution is 5.21. The van der Waals surface area contributed by atoms with Crippen LogP contribution in [0.15, 0.2) is 4.52 Å². The lowest BCUT2D eigenvalue weighted by atomic mass is 9.70. The number of rotatable bonds is 4. The minimum atomic E-state index is 0.470. The molecule has 3 nitrogen and oxygen atoms in total. The highest BCUT2D eigenvalue weighted by Gasteiger charge is 2.32. The fourth-order valence-electron chi connectivity index (χ4n) is 4.03. The van der Waals surface area contributed by atoms with Crippen LogP contribution in [0.4, 0.5) is 0 Å². The molecule has 0 aliphatic heterocycles. The van der Waals surface area contributed by atoms with Crippen molar-refractivity contribution in [3.05, 3.63) is 17.0 Å². The van der Waals surface area contributed by atoms with Gasteiger partial charge in [0.25, 0.3) is 0 Å². The first-order valence-corrected chi connectivity index (χ1v) is 7.94. The summed E-state index contributed by atoms with van der Waals surface area (Å²) < 4.78 is 5.26. The summed E-state index contributed by atoms with van der Waals surface area (Å²) in [5.41, 5.74) is 2.78. The van der Waals surface area contributed by atoms with Gasteiger partial charge in [-0.3, -0.25) is 0 Å². The first-order valence-electron chi connectivity index (χ1n) is 7.94. The van der Waals surface area contributed by atoms with Crippen molar-refractivity contribution in [1.29, 1.82) is 0 Å². The van der Waals surface area contributed by atoms with E-state index in [4.69, 9.17) is 4.52 Å². The van der Waals surface area contributed by atoms with Gasteiger partial charge in [-0.05, 0) is 57.8 Å². The minimum Gasteiger partial charge on any atom is -0.361 e. The van der Waals surface area contributed by atoms with Crippen molar-refractivity contribution in [2.24, 2.45) is 11.3 Å². The molecule has 1 aliphatic rings. The van der Waals surface area contributed by atoms with Gasteiger partial charge in [-0.15, -0.1) is 0 Å². The Morgan fingerprint density at radius 2 is 2.05 bits per heavy atom. The van der Waals surface area contributed by atoms with Crippen molar-refractivity contribution >= 4 is 0 Å². The van der Waals surface area contributed by atoms with Gasteiger partial charge in [-0.1, -0.05) is 25.9 Å². The quantitative estimate of drug-likeness (QED) is 0.903. The van der Waals surface area contributed by atoms with E-state index in [1.807, 2.05) is 13.8 Å². The zero-order valence-electron chi connectivity index (χ0n) is 13.9. The maximum atomic E-state index is 5.26. The molecular weight excluding hydrogens is 248 g/mol. The third-order valence-electron chi connectivity index (χ3n) is 4.60. The van der Waals surface area contributed by atoms with Gasteiger partial charge in [0.2, 0.25) is 0 Å². The number of aryl methyl sites for hydroxylation is 2. The standard InChI is InChI=1S/C17H30N2O/c1-11-7-15(10-17(5,6)9-11)18-12(2)8-16-13(3)19-20-14(16)4/h11-12,15,18H,7-10H2,1-6H3/t11-,12+,15-/m1/s1. The van der Waals surface area contributed by atoms with E-state index >= 15 is 0 Å². The second-order valence-corrected chi connectivity index (χ2v) is 7.68. The van der Waals surface area contributed by atoms with Crippen LogP contribution >= 0.6 is 0 Å². The van der Waals surface area contributed by atoms with Gasteiger partial charge < -0.3 is 9.84 Å². The summed E-state index contributed by atoms with van der Waals surface area (Å²) in [4.78, 5) is 0. The summed E-state index contributed by atoms with van der Waals surface area (Å²) in [5, 5.41) is 7.88. The van der Waals surface area contributed by atoms with E-state index in [9.17, 15) is 0 Å². The van der Waals surface area contributed by atoms with Gasteiger partial charge in [0.15, 0.2) is 0 Å². The molecule has 0 aromatic carbocycles. The van der Waals surface area contributed by atoms with E-state index in [1.165, 1.54) is 24.8 Å². The van der Waals surface area contributed by atoms with Crippen molar-refractivity contribution in [2.45, 2.75) is 79.3 Å². The van der Waals surface area contributed by atoms with E-state index in [2.05, 4.69) is 38.2 Å². The molecule has 2 rings (SSSR count). The van der Waals surface area contributed by atoms with Crippen LogP contribution in [0.1, 0.15) is 64.0 Å². The number of aromatic nitrogens is 1. The van der Waals surface area contributed by atoms with Gasteiger partial charge in [-0.25, -0.2) is 0 Å². The van der Waals surface area contributed by atoms with E-state index in [0.29, 0.717) is 17.5 Å². The lowest BCUT2D eigenvalue weighted by molar-refractivity contribution is 0.145. The third-order valence-corrected chi connectivity index (χ3v) is 4.60. The van der Waals surface area contributed by atoms with Crippen LogP contribution in [0, 0.1) is 25.2 Å². The molecule has 1 saturated carbocycles. The molecule has 1 aliphatic carbocycles. The van der Waals surface area contributed by atoms with Crippen LogP contribution in [0.25, 0.3) is 0 Å². The van der Waals surface area contributed by atoms with Crippen LogP contribution in [-0.2, 0) is 6.42 Å². The first-order chi connectivity index (χ1) is 9.27. The summed E-state index contributed by atoms with van der Waals surface area (Å²) in [6.07, 6.45) is 4.94. The molecule has 0 spiro atoms. The molecule has 0 bridgehead atoms. The van der Waals surface area contributed by atoms with Crippen molar-refractivity contribution in [3.63, 3.8) is 0 Å². The van der Waals surface area contributed by atoms with Crippen molar-refractivity contribution in [2.75, 3.05) is 0 Å². The smallest absolute Gasteiger partial charge is 0.137 e. The normalized spacial score (nSPS) is 27.5. The monoisotopic (exact) mass is 278 g/mol. The van der Waals surface area contributed by atoms with Gasteiger partial charge >= 0.3 is 0 Å². The Bertz CT molecular complexity index is 430. The third kappa shape index (κ3) is 3.85. The predicted octanol–water partition coefficient (Wildman–Crippen LogP) is 4.03. The van der Waals surface area contributed by atoms with E-state index < -0.39 is 0 Å². The summed E-state index contributed by atoms with van der Waals surface area (Å²) >= 11 is 0. The van der Waals surface area contributed by atoms with E-state index in [0.717, 1.165) is 23.8 Å². The minimum absolute atomic E-state index is 0.470. The first kappa shape index (κ1) is 15.6. The number of hydrogen-bond donors (Lipinski definition) is 1. The Hall–Kier alpha value is -0.830. The van der Waals surface area contributed by atoms with Crippen LogP contribution in [-0.4, -0.2) is 17.2 Å². The van der Waals surface area contributed by atoms with Crippen molar-refractivity contribution < 1.29 is 4.52 Å². The summed E-state index contributed by atoms with van der Waals surface area (Å²) in [6.45, 7) is 13.5. The van der Waals surface area contributed by atoms with Gasteiger partial charge in [0, 0.05) is 17.6 Å². The predicted molar refractivity (Wildman–Crippen MR) is 82.9 cm³/mol. The topological polar surface area (TPSA) is 38.1 Å². The molecule has 0 radical (unpaired) electrons. The Morgan fingerprint density at radius 3 is 2.60 bits per heavy atom. The number of nitrogens with zero attached hydrogens (tertiary/aromatic N) is 1. The van der Waals surface area contributed by atoms with Crippen molar-refractivity contribution in [3.8, 4) is 0 Å². The lowest BCUT2D eigenvalue weighted by Crippen LogP contribution is -2.44. The van der Waals surface area contributed by atoms with Crippen LogP contribution in [0.2, 0.25) is 0 Å². The van der Waals surface area contributed by atoms with Crippen LogP contribution in [0.5, 0.6) is 0 Å². The summed E-state index contributed by atoms with van der Waals surface area (Å²) in [7, 11) is 0. The molecular formula is C17H30N2O. The lowest BCUT2D eigenvalue weighted by Gasteiger charge is -2.40. The Labute approximate surface area is 123 Å². The summed E-state index contributed by atoms with van der Waals surface area (Å²) in [6, 6.07) is 1.11. The molecule has 1 heterocycles. The Kier molecular flexibility index (Phi) is 4.58. The average Bonchev–Trinajstić information content (AvgIpc) is 2.57. The van der Waals surface area contributed by atoms with E-state index in [1.54, 1.807) is 0 Å². The molecule has 20 heavy (non-hydrogen) atoms. The molecule has 1 N–H and O–H groups in total. The molecule has 114 valence electrons. The maximum absolute atomic E-state index is 5.26. The van der Waals surface area contributed by atoms with Crippen LogP contribution in [0.3, 0.4) is 0 Å². The Balaban J connectivity index is 1.93. The van der Waals surface area contributed by atoms with Gasteiger partial charge in [0.05, 0.1) is 5.69 Å². The summed E-state index contributed by atoms with van der Waals surface area (Å²) in [5.74, 6) is 1.79. The number of nitrogens with one attached hydrogen (secondary N) is 1. The SMILES string of the molecule is Cc1noc(C)c1C[C@H](C)N[C@@H]1C[C@@H](C)CC(C)(C)C1. The maximum Gasteiger partial charge on any atom is 0.137 e. The second-order valence-electron chi connectivity index (χ2n) is 7.68. The van der Waals surface area contributed by atoms with Crippen molar-refractivity contribution in [1.82, 2.24) is 10.5 Å². The molecule has 3 heteroatoms. The molecule has 1 fully saturated rings. The van der Waals surface area contributed by atoms with Gasteiger partial charge in [0.1, 0.15) is 5.76 Å². The molecule has 0 amide bonds. The van der Waals surface area contributed by atoms with E-state index in [-0.39, 0.29) is 0 Å². The second kappa shape index (κ2) is 5.88. The van der Waals surface area contributed by atoms with Crippen LogP contribution < -0.4 is 5.32 Å². The van der Waals surface area contributed by atoms with Gasteiger partial charge in [-0.2, -0.15) is 0 Å². The highest BCUT2D eigenvalue weighted by atomic mass is 16.5. The molecule has 1 aromatic heterocycles. The fraction of sp³-hybridized carbons (Fsp3) is 0.824. The molecule has 3 atom stereocenters. The zero-order chi connectivity index (χ0) is 14.9.